The maximum Gasteiger partial charge on any atom is 0.268 e. The van der Waals surface area contributed by atoms with Gasteiger partial charge in [-0.25, -0.2) is 0 Å². The molecule has 3 aromatic rings. The van der Waals surface area contributed by atoms with Crippen molar-refractivity contribution in [1.29, 1.82) is 0 Å². The average Bonchev–Trinajstić information content (AvgIpc) is 2.81. The fourth-order valence-electron chi connectivity index (χ4n) is 3.77. The van der Waals surface area contributed by atoms with Gasteiger partial charge in [-0.15, -0.1) is 0 Å². The number of nitrogens with one attached hydrogen (secondary N) is 1. The molecular weight excluding hydrogens is 412 g/mol. The lowest BCUT2D eigenvalue weighted by atomic mass is 10.0. The van der Waals surface area contributed by atoms with Crippen LogP contribution in [-0.2, 0) is 16.1 Å². The summed E-state index contributed by atoms with van der Waals surface area (Å²) in [6.45, 7) is 6.50. The molecule has 4 rings (SSSR count). The van der Waals surface area contributed by atoms with Crippen LogP contribution < -0.4 is 15.0 Å². The van der Waals surface area contributed by atoms with Gasteiger partial charge in [0, 0.05) is 17.8 Å². The summed E-state index contributed by atoms with van der Waals surface area (Å²) in [7, 11) is 0. The van der Waals surface area contributed by atoms with Crippen molar-refractivity contribution >= 4 is 29.3 Å². The number of hydrogen-bond donors (Lipinski definition) is 1. The Morgan fingerprint density at radius 2 is 1.79 bits per heavy atom. The number of carbonyl (C=O) groups excluding carboxylic acids is 2. The van der Waals surface area contributed by atoms with E-state index in [1.54, 1.807) is 30.0 Å². The molecule has 33 heavy (non-hydrogen) atoms. The number of amides is 2. The molecule has 0 spiro atoms. The normalized spacial score (nSPS) is 15.5. The van der Waals surface area contributed by atoms with E-state index in [9.17, 15) is 9.59 Å². The van der Waals surface area contributed by atoms with Crippen LogP contribution in [0.3, 0.4) is 0 Å². The first-order valence-corrected chi connectivity index (χ1v) is 11.2. The highest BCUT2D eigenvalue weighted by Crippen LogP contribution is 2.37. The first-order chi connectivity index (χ1) is 15.9. The molecular formula is C28H28N2O3. The molecule has 1 atom stereocenters. The van der Waals surface area contributed by atoms with Crippen LogP contribution >= 0.6 is 0 Å². The second kappa shape index (κ2) is 9.74. The first-order valence-electron chi connectivity index (χ1n) is 11.2. The molecule has 0 aliphatic carbocycles. The number of anilines is 2. The second-order valence-corrected chi connectivity index (χ2v) is 8.50. The zero-order chi connectivity index (χ0) is 23.4. The highest BCUT2D eigenvalue weighted by Gasteiger charge is 2.31. The van der Waals surface area contributed by atoms with E-state index in [0.717, 1.165) is 11.1 Å². The van der Waals surface area contributed by atoms with Crippen LogP contribution in [-0.4, -0.2) is 17.9 Å². The van der Waals surface area contributed by atoms with E-state index in [0.29, 0.717) is 29.6 Å². The van der Waals surface area contributed by atoms with Crippen LogP contribution in [0.4, 0.5) is 11.4 Å². The van der Waals surface area contributed by atoms with Gasteiger partial charge in [-0.1, -0.05) is 68.4 Å². The van der Waals surface area contributed by atoms with Crippen molar-refractivity contribution in [2.75, 3.05) is 10.2 Å². The highest BCUT2D eigenvalue weighted by molar-refractivity contribution is 6.03. The van der Waals surface area contributed by atoms with Crippen LogP contribution in [0.1, 0.15) is 43.4 Å². The van der Waals surface area contributed by atoms with Gasteiger partial charge in [-0.05, 0) is 47.7 Å². The topological polar surface area (TPSA) is 58.6 Å². The summed E-state index contributed by atoms with van der Waals surface area (Å²) in [6, 6.07) is 23.4. The molecule has 0 bridgehead atoms. The third-order valence-electron chi connectivity index (χ3n) is 5.65. The van der Waals surface area contributed by atoms with E-state index in [4.69, 9.17) is 4.74 Å². The van der Waals surface area contributed by atoms with Gasteiger partial charge >= 0.3 is 0 Å². The molecule has 1 unspecified atom stereocenters. The number of hydrogen-bond acceptors (Lipinski definition) is 3. The Kier molecular flexibility index (Phi) is 6.59. The minimum absolute atomic E-state index is 0.0884. The molecule has 1 aliphatic heterocycles. The van der Waals surface area contributed by atoms with E-state index in [2.05, 4.69) is 31.3 Å². The van der Waals surface area contributed by atoms with E-state index in [-0.39, 0.29) is 11.8 Å². The van der Waals surface area contributed by atoms with Gasteiger partial charge < -0.3 is 15.0 Å². The van der Waals surface area contributed by atoms with Crippen molar-refractivity contribution in [3.05, 3.63) is 95.6 Å². The zero-order valence-electron chi connectivity index (χ0n) is 19.1. The molecule has 0 aromatic heterocycles. The molecule has 0 saturated carbocycles. The third-order valence-corrected chi connectivity index (χ3v) is 5.65. The molecule has 0 saturated heterocycles. The van der Waals surface area contributed by atoms with Gasteiger partial charge in [-0.2, -0.15) is 0 Å². The Hall–Kier alpha value is -3.86. The van der Waals surface area contributed by atoms with E-state index >= 15 is 0 Å². The maximum absolute atomic E-state index is 12.8. The smallest absolute Gasteiger partial charge is 0.268 e. The Morgan fingerprint density at radius 3 is 2.48 bits per heavy atom. The largest absolute Gasteiger partial charge is 0.479 e. The molecule has 0 radical (unpaired) electrons. The van der Waals surface area contributed by atoms with Crippen molar-refractivity contribution in [3.8, 4) is 5.75 Å². The summed E-state index contributed by atoms with van der Waals surface area (Å²) in [4.78, 5) is 26.9. The number of rotatable bonds is 6. The van der Waals surface area contributed by atoms with Gasteiger partial charge in [0.2, 0.25) is 5.91 Å². The van der Waals surface area contributed by atoms with Crippen LogP contribution in [0.15, 0.2) is 78.9 Å². The molecule has 1 aliphatic rings. The van der Waals surface area contributed by atoms with Crippen LogP contribution in [0, 0.1) is 0 Å². The molecule has 3 aromatic carbocycles. The number of carbonyl (C=O) groups is 2. The van der Waals surface area contributed by atoms with Crippen molar-refractivity contribution in [2.24, 2.45) is 0 Å². The van der Waals surface area contributed by atoms with Gasteiger partial charge in [0.05, 0.1) is 12.2 Å². The van der Waals surface area contributed by atoms with Crippen LogP contribution in [0.5, 0.6) is 5.75 Å². The molecule has 2 amide bonds. The maximum atomic E-state index is 12.8. The second-order valence-electron chi connectivity index (χ2n) is 8.50. The fraction of sp³-hybridized carbons (Fsp3) is 0.214. The van der Waals surface area contributed by atoms with Crippen molar-refractivity contribution in [2.45, 2.75) is 39.3 Å². The van der Waals surface area contributed by atoms with Crippen molar-refractivity contribution < 1.29 is 14.3 Å². The summed E-state index contributed by atoms with van der Waals surface area (Å²) in [5, 5.41) is 2.87. The SMILES string of the molecule is CC1Oc2cc(NC(=O)/C=C/c3ccc(C(C)C)cc3)ccc2N(Cc2ccccc2)C1=O. The van der Waals surface area contributed by atoms with E-state index in [1.165, 1.54) is 11.6 Å². The Morgan fingerprint density at radius 1 is 1.06 bits per heavy atom. The predicted molar refractivity (Wildman–Crippen MR) is 132 cm³/mol. The van der Waals surface area contributed by atoms with Crippen molar-refractivity contribution in [3.63, 3.8) is 0 Å². The molecule has 5 nitrogen and oxygen atoms in total. The number of benzene rings is 3. The lowest BCUT2D eigenvalue weighted by Crippen LogP contribution is -2.44. The lowest BCUT2D eigenvalue weighted by molar-refractivity contribution is -0.125. The predicted octanol–water partition coefficient (Wildman–Crippen LogP) is 5.78. The van der Waals surface area contributed by atoms with Crippen molar-refractivity contribution in [1.82, 2.24) is 0 Å². The van der Waals surface area contributed by atoms with Crippen LogP contribution in [0.25, 0.3) is 6.08 Å². The Balaban J connectivity index is 1.47. The van der Waals surface area contributed by atoms with E-state index in [1.807, 2.05) is 48.5 Å². The third kappa shape index (κ3) is 5.32. The lowest BCUT2D eigenvalue weighted by Gasteiger charge is -2.33. The first kappa shape index (κ1) is 22.3. The summed E-state index contributed by atoms with van der Waals surface area (Å²) in [6.07, 6.45) is 2.70. The number of nitrogens with zero attached hydrogens (tertiary/aromatic N) is 1. The Bertz CT molecular complexity index is 1170. The van der Waals surface area contributed by atoms with Gasteiger partial charge in [0.25, 0.3) is 5.91 Å². The molecule has 0 fully saturated rings. The fourth-order valence-corrected chi connectivity index (χ4v) is 3.77. The summed E-state index contributed by atoms with van der Waals surface area (Å²) in [5.74, 6) is 0.724. The molecule has 1 heterocycles. The summed E-state index contributed by atoms with van der Waals surface area (Å²) >= 11 is 0. The summed E-state index contributed by atoms with van der Waals surface area (Å²) < 4.78 is 5.83. The monoisotopic (exact) mass is 440 g/mol. The average molecular weight is 441 g/mol. The highest BCUT2D eigenvalue weighted by atomic mass is 16.5. The molecule has 168 valence electrons. The number of fused-ring (bicyclic) bond motifs is 1. The number of ether oxygens (including phenoxy) is 1. The van der Waals surface area contributed by atoms with Gasteiger partial charge in [-0.3, -0.25) is 9.59 Å². The van der Waals surface area contributed by atoms with Gasteiger partial charge in [0.15, 0.2) is 6.10 Å². The van der Waals surface area contributed by atoms with Gasteiger partial charge in [0.1, 0.15) is 5.75 Å². The molecule has 1 N–H and O–H groups in total. The standard InChI is InChI=1S/C28H28N2O3/c1-19(2)23-12-9-21(10-13-23)11-16-27(31)29-24-14-15-25-26(17-24)33-20(3)28(32)30(25)18-22-7-5-4-6-8-22/h4-17,19-20H,18H2,1-3H3,(H,29,31)/b16-11+. The quantitative estimate of drug-likeness (QED) is 0.495. The zero-order valence-corrected chi connectivity index (χ0v) is 19.1. The minimum atomic E-state index is -0.596. The van der Waals surface area contributed by atoms with Crippen LogP contribution in [0.2, 0.25) is 0 Å². The summed E-state index contributed by atoms with van der Waals surface area (Å²) in [5.41, 5.74) is 4.57. The molecule has 5 heteroatoms. The van der Waals surface area contributed by atoms with E-state index < -0.39 is 6.10 Å². The Labute approximate surface area is 194 Å². The minimum Gasteiger partial charge on any atom is -0.479 e.